The Kier molecular flexibility index (Phi) is 7.32. The van der Waals surface area contributed by atoms with Crippen LogP contribution in [0.5, 0.6) is 0 Å². The number of methoxy groups -OCH3 is 1. The molecule has 1 saturated heterocycles. The minimum absolute atomic E-state index is 0.374. The standard InChI is InChI=1S/C24H33N3O3/c1-4-8-20-22(18-9-11-19(12-10-18)24(29)30-3)21(23(25)28)17(2)27(20)16-15-26-13-6-5-7-14-26/h9-12H,4-8,13-16H2,1-3H3,(H2,25,28). The van der Waals surface area contributed by atoms with Gasteiger partial charge in [0.25, 0.3) is 5.91 Å². The smallest absolute Gasteiger partial charge is 0.337 e. The number of hydrogen-bond donors (Lipinski definition) is 1. The number of ether oxygens (including phenoxy) is 1. The molecule has 0 bridgehead atoms. The normalized spacial score (nSPS) is 14.6. The molecule has 0 spiro atoms. The fourth-order valence-corrected chi connectivity index (χ4v) is 4.52. The second-order valence-corrected chi connectivity index (χ2v) is 8.02. The Bertz CT molecular complexity index is 893. The highest BCUT2D eigenvalue weighted by molar-refractivity contribution is 6.02. The van der Waals surface area contributed by atoms with Crippen molar-refractivity contribution >= 4 is 11.9 Å². The van der Waals surface area contributed by atoms with E-state index in [0.29, 0.717) is 11.1 Å². The Morgan fingerprint density at radius 3 is 2.30 bits per heavy atom. The van der Waals surface area contributed by atoms with E-state index in [4.69, 9.17) is 10.5 Å². The number of carbonyl (C=O) groups is 2. The summed E-state index contributed by atoms with van der Waals surface area (Å²) in [6.45, 7) is 8.25. The van der Waals surface area contributed by atoms with Gasteiger partial charge in [0.2, 0.25) is 0 Å². The molecule has 1 aliphatic heterocycles. The molecule has 3 rings (SSSR count). The molecule has 1 aliphatic rings. The number of rotatable bonds is 8. The van der Waals surface area contributed by atoms with Gasteiger partial charge in [-0.2, -0.15) is 0 Å². The Hall–Kier alpha value is -2.60. The van der Waals surface area contributed by atoms with Crippen LogP contribution in [0.1, 0.15) is 64.7 Å². The van der Waals surface area contributed by atoms with Crippen molar-refractivity contribution in [2.24, 2.45) is 5.73 Å². The van der Waals surface area contributed by atoms with Gasteiger partial charge in [0.1, 0.15) is 0 Å². The SMILES string of the molecule is CCCc1c(-c2ccc(C(=O)OC)cc2)c(C(N)=O)c(C)n1CCN1CCCCC1. The van der Waals surface area contributed by atoms with Crippen LogP contribution in [0.2, 0.25) is 0 Å². The molecule has 6 nitrogen and oxygen atoms in total. The molecule has 0 unspecified atom stereocenters. The number of piperidine rings is 1. The minimum atomic E-state index is -0.409. The lowest BCUT2D eigenvalue weighted by Crippen LogP contribution is -2.33. The second-order valence-electron chi connectivity index (χ2n) is 8.02. The number of carbonyl (C=O) groups excluding carboxylic acids is 2. The third-order valence-corrected chi connectivity index (χ3v) is 6.05. The first-order chi connectivity index (χ1) is 14.5. The van der Waals surface area contributed by atoms with Crippen LogP contribution in [0.15, 0.2) is 24.3 Å². The van der Waals surface area contributed by atoms with Crippen molar-refractivity contribution in [3.63, 3.8) is 0 Å². The van der Waals surface area contributed by atoms with Gasteiger partial charge in [0, 0.05) is 30.0 Å². The molecule has 0 aliphatic carbocycles. The van der Waals surface area contributed by atoms with E-state index in [1.807, 2.05) is 19.1 Å². The Morgan fingerprint density at radius 1 is 1.07 bits per heavy atom. The van der Waals surface area contributed by atoms with Crippen LogP contribution in [-0.4, -0.2) is 48.1 Å². The van der Waals surface area contributed by atoms with Crippen LogP contribution in [0.3, 0.4) is 0 Å². The fraction of sp³-hybridized carbons (Fsp3) is 0.500. The summed E-state index contributed by atoms with van der Waals surface area (Å²) in [4.78, 5) is 26.7. The number of nitrogens with zero attached hydrogens (tertiary/aromatic N) is 2. The van der Waals surface area contributed by atoms with E-state index in [0.717, 1.165) is 61.5 Å². The predicted octanol–water partition coefficient (Wildman–Crippen LogP) is 3.79. The Balaban J connectivity index is 2.01. The van der Waals surface area contributed by atoms with Gasteiger partial charge in [-0.1, -0.05) is 31.9 Å². The quantitative estimate of drug-likeness (QED) is 0.671. The van der Waals surface area contributed by atoms with Gasteiger partial charge >= 0.3 is 5.97 Å². The summed E-state index contributed by atoms with van der Waals surface area (Å²) in [5.41, 5.74) is 10.8. The molecule has 0 saturated carbocycles. The van der Waals surface area contributed by atoms with Crippen molar-refractivity contribution in [3.8, 4) is 11.1 Å². The summed E-state index contributed by atoms with van der Waals surface area (Å²) in [7, 11) is 1.37. The molecular formula is C24H33N3O3. The van der Waals surface area contributed by atoms with Crippen molar-refractivity contribution in [2.75, 3.05) is 26.7 Å². The third kappa shape index (κ3) is 4.59. The summed E-state index contributed by atoms with van der Waals surface area (Å²) in [6.07, 6.45) is 5.67. The molecule has 0 atom stereocenters. The highest BCUT2D eigenvalue weighted by Crippen LogP contribution is 2.34. The van der Waals surface area contributed by atoms with Gasteiger partial charge in [-0.05, 0) is 57.0 Å². The lowest BCUT2D eigenvalue weighted by atomic mass is 9.97. The molecule has 2 heterocycles. The topological polar surface area (TPSA) is 77.6 Å². The summed E-state index contributed by atoms with van der Waals surface area (Å²) in [5, 5.41) is 0. The zero-order valence-electron chi connectivity index (χ0n) is 18.4. The van der Waals surface area contributed by atoms with Gasteiger partial charge < -0.3 is 19.9 Å². The van der Waals surface area contributed by atoms with Crippen LogP contribution in [0, 0.1) is 6.92 Å². The van der Waals surface area contributed by atoms with Crippen molar-refractivity contribution in [1.82, 2.24) is 9.47 Å². The van der Waals surface area contributed by atoms with Crippen LogP contribution in [-0.2, 0) is 17.7 Å². The number of likely N-dealkylation sites (tertiary alicyclic amines) is 1. The summed E-state index contributed by atoms with van der Waals surface area (Å²) >= 11 is 0. The summed E-state index contributed by atoms with van der Waals surface area (Å²) in [6, 6.07) is 7.23. The van der Waals surface area contributed by atoms with E-state index >= 15 is 0 Å². The molecule has 162 valence electrons. The molecule has 1 amide bonds. The molecule has 2 aromatic rings. The van der Waals surface area contributed by atoms with Crippen molar-refractivity contribution in [2.45, 2.75) is 52.5 Å². The largest absolute Gasteiger partial charge is 0.465 e. The average molecular weight is 412 g/mol. The van der Waals surface area contributed by atoms with Crippen molar-refractivity contribution < 1.29 is 14.3 Å². The van der Waals surface area contributed by atoms with E-state index in [1.165, 1.54) is 26.4 Å². The highest BCUT2D eigenvalue weighted by atomic mass is 16.5. The number of esters is 1. The molecule has 1 fully saturated rings. The van der Waals surface area contributed by atoms with Gasteiger partial charge in [0.05, 0.1) is 18.2 Å². The average Bonchev–Trinajstić information content (AvgIpc) is 3.04. The minimum Gasteiger partial charge on any atom is -0.465 e. The number of nitrogens with two attached hydrogens (primary N) is 1. The van der Waals surface area contributed by atoms with Gasteiger partial charge in [-0.3, -0.25) is 4.79 Å². The molecule has 2 N–H and O–H groups in total. The van der Waals surface area contributed by atoms with Crippen molar-refractivity contribution in [1.29, 1.82) is 0 Å². The van der Waals surface area contributed by atoms with Crippen molar-refractivity contribution in [3.05, 3.63) is 46.8 Å². The van der Waals surface area contributed by atoms with Gasteiger partial charge in [-0.25, -0.2) is 4.79 Å². The summed E-state index contributed by atoms with van der Waals surface area (Å²) < 4.78 is 7.08. The molecule has 0 radical (unpaired) electrons. The molecule has 1 aromatic heterocycles. The maximum Gasteiger partial charge on any atom is 0.337 e. The number of primary amides is 1. The first-order valence-corrected chi connectivity index (χ1v) is 10.9. The molecule has 30 heavy (non-hydrogen) atoms. The molecule has 6 heteroatoms. The number of aromatic nitrogens is 1. The second kappa shape index (κ2) is 9.94. The van der Waals surface area contributed by atoms with Gasteiger partial charge in [-0.15, -0.1) is 0 Å². The van der Waals surface area contributed by atoms with Gasteiger partial charge in [0.15, 0.2) is 0 Å². The van der Waals surface area contributed by atoms with E-state index < -0.39 is 5.91 Å². The first kappa shape index (κ1) is 22.1. The van der Waals surface area contributed by atoms with E-state index in [9.17, 15) is 9.59 Å². The van der Waals surface area contributed by atoms with Crippen LogP contribution < -0.4 is 5.73 Å². The van der Waals surface area contributed by atoms with E-state index in [1.54, 1.807) is 12.1 Å². The third-order valence-electron chi connectivity index (χ3n) is 6.05. The maximum atomic E-state index is 12.4. The monoisotopic (exact) mass is 411 g/mol. The van der Waals surface area contributed by atoms with E-state index in [-0.39, 0.29) is 5.97 Å². The zero-order valence-corrected chi connectivity index (χ0v) is 18.4. The number of hydrogen-bond acceptors (Lipinski definition) is 4. The Labute approximate surface area is 179 Å². The Morgan fingerprint density at radius 2 is 1.73 bits per heavy atom. The molecule has 1 aromatic carbocycles. The van der Waals surface area contributed by atoms with E-state index in [2.05, 4.69) is 16.4 Å². The zero-order chi connectivity index (χ0) is 21.7. The van der Waals surface area contributed by atoms with Crippen LogP contribution >= 0.6 is 0 Å². The lowest BCUT2D eigenvalue weighted by molar-refractivity contribution is 0.0600. The number of amides is 1. The van der Waals surface area contributed by atoms with Crippen LogP contribution in [0.25, 0.3) is 11.1 Å². The number of benzene rings is 1. The lowest BCUT2D eigenvalue weighted by Gasteiger charge is -2.27. The highest BCUT2D eigenvalue weighted by Gasteiger charge is 2.25. The maximum absolute atomic E-state index is 12.4. The summed E-state index contributed by atoms with van der Waals surface area (Å²) in [5.74, 6) is -0.783. The molecular weight excluding hydrogens is 378 g/mol. The van der Waals surface area contributed by atoms with Crippen LogP contribution in [0.4, 0.5) is 0 Å². The first-order valence-electron chi connectivity index (χ1n) is 10.9. The predicted molar refractivity (Wildman–Crippen MR) is 119 cm³/mol. The fourth-order valence-electron chi connectivity index (χ4n) is 4.52.